The number of benzene rings is 2. The molecule has 0 bridgehead atoms. The number of hydrogen-bond donors (Lipinski definition) is 0. The van der Waals surface area contributed by atoms with Crippen LogP contribution in [-0.4, -0.2) is 12.9 Å². The van der Waals surface area contributed by atoms with E-state index in [2.05, 4.69) is 0 Å². The first-order valence-corrected chi connectivity index (χ1v) is 7.75. The molecule has 0 atom stereocenters. The molecular formula is C16H13ClO2S. The lowest BCUT2D eigenvalue weighted by Crippen LogP contribution is -1.91. The zero-order valence-corrected chi connectivity index (χ0v) is 12.3. The topological polar surface area (TPSA) is 26.3 Å². The molecule has 2 aromatic carbocycles. The molecule has 2 nitrogen and oxygen atoms in total. The van der Waals surface area contributed by atoms with Crippen molar-refractivity contribution in [3.8, 4) is 5.75 Å². The van der Waals surface area contributed by atoms with Crippen molar-refractivity contribution >= 4 is 29.6 Å². The van der Waals surface area contributed by atoms with Crippen LogP contribution in [0.5, 0.6) is 5.75 Å². The fourth-order valence-corrected chi connectivity index (χ4v) is 3.39. The summed E-state index contributed by atoms with van der Waals surface area (Å²) in [6.45, 7) is 0.737. The summed E-state index contributed by atoms with van der Waals surface area (Å²) < 4.78 is 5.69. The van der Waals surface area contributed by atoms with E-state index in [9.17, 15) is 4.79 Å². The molecule has 0 unspecified atom stereocenters. The molecule has 0 amide bonds. The minimum Gasteiger partial charge on any atom is -0.493 e. The Morgan fingerprint density at radius 2 is 2.05 bits per heavy atom. The van der Waals surface area contributed by atoms with Crippen LogP contribution in [0.2, 0.25) is 5.02 Å². The van der Waals surface area contributed by atoms with Gasteiger partial charge in [0.1, 0.15) is 12.0 Å². The molecule has 0 N–H and O–H groups in total. The summed E-state index contributed by atoms with van der Waals surface area (Å²) in [5, 5.41) is 0.765. The van der Waals surface area contributed by atoms with Crippen molar-refractivity contribution in [2.75, 3.05) is 6.61 Å². The van der Waals surface area contributed by atoms with Crippen molar-refractivity contribution in [2.24, 2.45) is 0 Å². The van der Waals surface area contributed by atoms with Crippen molar-refractivity contribution < 1.29 is 9.53 Å². The van der Waals surface area contributed by atoms with Crippen LogP contribution < -0.4 is 4.74 Å². The Balaban J connectivity index is 1.76. The van der Waals surface area contributed by atoms with Gasteiger partial charge in [0, 0.05) is 33.2 Å². The molecule has 0 saturated heterocycles. The summed E-state index contributed by atoms with van der Waals surface area (Å²) in [5.74, 6) is 1.80. The summed E-state index contributed by atoms with van der Waals surface area (Å²) in [6.07, 6.45) is 1.79. The van der Waals surface area contributed by atoms with Crippen molar-refractivity contribution in [1.29, 1.82) is 0 Å². The molecular weight excluding hydrogens is 292 g/mol. The molecule has 4 heteroatoms. The Morgan fingerprint density at radius 3 is 2.80 bits per heavy atom. The normalized spacial score (nSPS) is 12.8. The largest absolute Gasteiger partial charge is 0.493 e. The monoisotopic (exact) mass is 304 g/mol. The first kappa shape index (κ1) is 13.5. The Morgan fingerprint density at radius 1 is 1.25 bits per heavy atom. The average Bonchev–Trinajstić information content (AvgIpc) is 2.93. The smallest absolute Gasteiger partial charge is 0.150 e. The molecule has 102 valence electrons. The SMILES string of the molecule is O=Cc1ccc(SCc2cc(Cl)cc3c2OCC3)cc1. The first-order chi connectivity index (χ1) is 9.76. The number of halogens is 1. The molecule has 0 saturated carbocycles. The van der Waals surface area contributed by atoms with E-state index in [4.69, 9.17) is 16.3 Å². The number of thioether (sulfide) groups is 1. The van der Waals surface area contributed by atoms with Gasteiger partial charge in [0.25, 0.3) is 0 Å². The van der Waals surface area contributed by atoms with Gasteiger partial charge < -0.3 is 4.74 Å². The zero-order chi connectivity index (χ0) is 13.9. The predicted octanol–water partition coefficient (Wildman–Crippen LogP) is 4.38. The molecule has 0 radical (unpaired) electrons. The van der Waals surface area contributed by atoms with Crippen molar-refractivity contribution in [3.05, 3.63) is 58.1 Å². The number of fused-ring (bicyclic) bond motifs is 1. The minimum atomic E-state index is 0.696. The minimum absolute atomic E-state index is 0.696. The van der Waals surface area contributed by atoms with Crippen LogP contribution in [-0.2, 0) is 12.2 Å². The van der Waals surface area contributed by atoms with E-state index in [1.54, 1.807) is 11.8 Å². The molecule has 3 rings (SSSR count). The molecule has 0 aromatic heterocycles. The number of hydrogen-bond acceptors (Lipinski definition) is 3. The van der Waals surface area contributed by atoms with Gasteiger partial charge in [-0.1, -0.05) is 23.7 Å². The number of carbonyl (C=O) groups is 1. The highest BCUT2D eigenvalue weighted by atomic mass is 35.5. The highest BCUT2D eigenvalue weighted by Crippen LogP contribution is 2.36. The predicted molar refractivity (Wildman–Crippen MR) is 82.0 cm³/mol. The molecule has 0 spiro atoms. The lowest BCUT2D eigenvalue weighted by Gasteiger charge is -2.09. The summed E-state index contributed by atoms with van der Waals surface area (Å²) in [6, 6.07) is 11.5. The van der Waals surface area contributed by atoms with E-state index in [1.807, 2.05) is 36.4 Å². The van der Waals surface area contributed by atoms with Gasteiger partial charge in [-0.2, -0.15) is 0 Å². The van der Waals surface area contributed by atoms with Gasteiger partial charge in [-0.3, -0.25) is 4.79 Å². The maximum absolute atomic E-state index is 10.6. The van der Waals surface area contributed by atoms with Crippen molar-refractivity contribution in [3.63, 3.8) is 0 Å². The highest BCUT2D eigenvalue weighted by Gasteiger charge is 2.17. The number of rotatable bonds is 4. The van der Waals surface area contributed by atoms with E-state index in [1.165, 1.54) is 5.56 Å². The van der Waals surface area contributed by atoms with Crippen LogP contribution in [0.3, 0.4) is 0 Å². The van der Waals surface area contributed by atoms with Crippen LogP contribution in [0.1, 0.15) is 21.5 Å². The third-order valence-electron chi connectivity index (χ3n) is 3.24. The lowest BCUT2D eigenvalue weighted by atomic mass is 10.1. The Kier molecular flexibility index (Phi) is 3.99. The van der Waals surface area contributed by atoms with Crippen LogP contribution in [0, 0.1) is 0 Å². The van der Waals surface area contributed by atoms with Gasteiger partial charge in [0.05, 0.1) is 6.61 Å². The number of ether oxygens (including phenoxy) is 1. The summed E-state index contributed by atoms with van der Waals surface area (Å²) in [4.78, 5) is 11.8. The third-order valence-corrected chi connectivity index (χ3v) is 4.51. The second kappa shape index (κ2) is 5.90. The number of carbonyl (C=O) groups excluding carboxylic acids is 1. The van der Waals surface area contributed by atoms with Gasteiger partial charge in [-0.15, -0.1) is 11.8 Å². The van der Waals surface area contributed by atoms with E-state index >= 15 is 0 Å². The molecule has 1 heterocycles. The van der Waals surface area contributed by atoms with E-state index in [-0.39, 0.29) is 0 Å². The van der Waals surface area contributed by atoms with Crippen LogP contribution in [0.4, 0.5) is 0 Å². The van der Waals surface area contributed by atoms with Gasteiger partial charge in [0.15, 0.2) is 0 Å². The van der Waals surface area contributed by atoms with E-state index in [0.717, 1.165) is 46.3 Å². The maximum Gasteiger partial charge on any atom is 0.150 e. The van der Waals surface area contributed by atoms with Gasteiger partial charge in [-0.25, -0.2) is 0 Å². The maximum atomic E-state index is 10.6. The molecule has 2 aromatic rings. The van der Waals surface area contributed by atoms with Crippen LogP contribution >= 0.6 is 23.4 Å². The molecule has 0 fully saturated rings. The van der Waals surface area contributed by atoms with Gasteiger partial charge in [0.2, 0.25) is 0 Å². The molecule has 1 aliphatic rings. The fraction of sp³-hybridized carbons (Fsp3) is 0.188. The Bertz CT molecular complexity index is 638. The Hall–Kier alpha value is -1.45. The van der Waals surface area contributed by atoms with Crippen molar-refractivity contribution in [1.82, 2.24) is 0 Å². The van der Waals surface area contributed by atoms with Crippen LogP contribution in [0.15, 0.2) is 41.3 Å². The highest BCUT2D eigenvalue weighted by molar-refractivity contribution is 7.98. The van der Waals surface area contributed by atoms with Gasteiger partial charge >= 0.3 is 0 Å². The molecule has 0 aliphatic carbocycles. The van der Waals surface area contributed by atoms with E-state index < -0.39 is 0 Å². The second-order valence-electron chi connectivity index (χ2n) is 4.63. The molecule has 20 heavy (non-hydrogen) atoms. The Labute approximate surface area is 127 Å². The summed E-state index contributed by atoms with van der Waals surface area (Å²) in [5.41, 5.74) is 3.03. The quantitative estimate of drug-likeness (QED) is 0.619. The van der Waals surface area contributed by atoms with Gasteiger partial charge in [-0.05, 0) is 29.8 Å². The lowest BCUT2D eigenvalue weighted by molar-refractivity contribution is 0.112. The first-order valence-electron chi connectivity index (χ1n) is 6.38. The second-order valence-corrected chi connectivity index (χ2v) is 6.11. The zero-order valence-electron chi connectivity index (χ0n) is 10.8. The average molecular weight is 305 g/mol. The summed E-state index contributed by atoms with van der Waals surface area (Å²) in [7, 11) is 0. The fourth-order valence-electron chi connectivity index (χ4n) is 2.26. The third kappa shape index (κ3) is 2.84. The standard InChI is InChI=1S/C16H13ClO2S/c17-14-7-12-5-6-19-16(12)13(8-14)10-20-15-3-1-11(9-18)2-4-15/h1-4,7-9H,5-6,10H2. The number of aldehydes is 1. The van der Waals surface area contributed by atoms with Crippen LogP contribution in [0.25, 0.3) is 0 Å². The van der Waals surface area contributed by atoms with E-state index in [0.29, 0.717) is 5.56 Å². The summed E-state index contributed by atoms with van der Waals surface area (Å²) >= 11 is 7.86. The van der Waals surface area contributed by atoms with Crippen molar-refractivity contribution in [2.45, 2.75) is 17.1 Å². The molecule has 1 aliphatic heterocycles.